The summed E-state index contributed by atoms with van der Waals surface area (Å²) in [7, 11) is 0. The van der Waals surface area contributed by atoms with Crippen LogP contribution in [0.2, 0.25) is 0 Å². The molecule has 0 saturated carbocycles. The molecule has 6 heteroatoms. The third-order valence-corrected chi connectivity index (χ3v) is 3.04. The number of amides is 1. The molecule has 0 fully saturated rings. The molecule has 2 heterocycles. The summed E-state index contributed by atoms with van der Waals surface area (Å²) in [6, 6.07) is 8.78. The van der Waals surface area contributed by atoms with Gasteiger partial charge >= 0.3 is 0 Å². The number of pyridine rings is 1. The van der Waals surface area contributed by atoms with E-state index in [1.54, 1.807) is 29.9 Å². The average molecular weight is 267 g/mol. The van der Waals surface area contributed by atoms with Gasteiger partial charge in [-0.3, -0.25) is 4.79 Å². The molecule has 2 aromatic heterocycles. The summed E-state index contributed by atoms with van der Waals surface area (Å²) < 4.78 is 1.64. The van der Waals surface area contributed by atoms with E-state index < -0.39 is 5.91 Å². The van der Waals surface area contributed by atoms with Crippen molar-refractivity contribution < 1.29 is 4.79 Å². The van der Waals surface area contributed by atoms with Gasteiger partial charge in [0.15, 0.2) is 5.82 Å². The number of nitrogens with two attached hydrogens (primary N) is 2. The second-order valence-electron chi connectivity index (χ2n) is 4.59. The van der Waals surface area contributed by atoms with Crippen molar-refractivity contribution in [1.82, 2.24) is 14.8 Å². The van der Waals surface area contributed by atoms with Crippen molar-refractivity contribution in [2.24, 2.45) is 5.73 Å². The number of fused-ring (bicyclic) bond motifs is 1. The third kappa shape index (κ3) is 1.97. The molecule has 0 saturated heterocycles. The number of nitrogen functional groups attached to an aromatic ring is 1. The molecule has 4 N–H and O–H groups in total. The third-order valence-electron chi connectivity index (χ3n) is 3.04. The highest BCUT2D eigenvalue weighted by atomic mass is 16.1. The first-order valence-electron chi connectivity index (χ1n) is 6.07. The van der Waals surface area contributed by atoms with Crippen molar-refractivity contribution >= 4 is 22.5 Å². The van der Waals surface area contributed by atoms with E-state index in [1.165, 1.54) is 0 Å². The first-order valence-corrected chi connectivity index (χ1v) is 6.07. The van der Waals surface area contributed by atoms with Crippen molar-refractivity contribution in [3.63, 3.8) is 0 Å². The lowest BCUT2D eigenvalue weighted by molar-refractivity contribution is 0.1000. The fourth-order valence-corrected chi connectivity index (χ4v) is 2.12. The maximum atomic E-state index is 11.3. The van der Waals surface area contributed by atoms with Gasteiger partial charge in [-0.05, 0) is 37.3 Å². The topological polar surface area (TPSA) is 99.8 Å². The molecule has 20 heavy (non-hydrogen) atoms. The Balaban J connectivity index is 2.25. The minimum Gasteiger partial charge on any atom is -0.399 e. The van der Waals surface area contributed by atoms with Gasteiger partial charge in [0.25, 0.3) is 0 Å². The zero-order valence-corrected chi connectivity index (χ0v) is 10.9. The number of benzene rings is 1. The molecule has 0 unspecified atom stereocenters. The molecule has 1 amide bonds. The summed E-state index contributed by atoms with van der Waals surface area (Å²) in [5, 5.41) is 5.24. The zero-order chi connectivity index (χ0) is 14.3. The smallest absolute Gasteiger partial charge is 0.248 e. The van der Waals surface area contributed by atoms with E-state index in [0.29, 0.717) is 22.8 Å². The molecule has 0 aliphatic carbocycles. The highest BCUT2D eigenvalue weighted by molar-refractivity contribution is 5.93. The molecule has 0 bridgehead atoms. The first-order chi connectivity index (χ1) is 9.54. The molecule has 3 aromatic rings. The maximum absolute atomic E-state index is 11.3. The van der Waals surface area contributed by atoms with Gasteiger partial charge in [-0.15, -0.1) is 0 Å². The van der Waals surface area contributed by atoms with Gasteiger partial charge < -0.3 is 11.5 Å². The number of anilines is 1. The number of rotatable bonds is 2. The summed E-state index contributed by atoms with van der Waals surface area (Å²) in [5.74, 6) is 0.0483. The van der Waals surface area contributed by atoms with Crippen molar-refractivity contribution in [3.05, 3.63) is 47.8 Å². The lowest BCUT2D eigenvalue weighted by atomic mass is 10.2. The Morgan fingerprint density at radius 2 is 2.05 bits per heavy atom. The van der Waals surface area contributed by atoms with Crippen LogP contribution in [-0.4, -0.2) is 20.7 Å². The van der Waals surface area contributed by atoms with Crippen molar-refractivity contribution in [3.8, 4) is 5.82 Å². The average Bonchev–Trinajstić information content (AvgIpc) is 2.80. The quantitative estimate of drug-likeness (QED) is 0.685. The van der Waals surface area contributed by atoms with Gasteiger partial charge in [0, 0.05) is 22.3 Å². The monoisotopic (exact) mass is 267 g/mol. The Labute approximate surface area is 115 Å². The van der Waals surface area contributed by atoms with Gasteiger partial charge in [-0.2, -0.15) is 5.10 Å². The molecule has 6 nitrogen and oxygen atoms in total. The van der Waals surface area contributed by atoms with Gasteiger partial charge in [-0.25, -0.2) is 9.67 Å². The highest BCUT2D eigenvalue weighted by Crippen LogP contribution is 2.20. The van der Waals surface area contributed by atoms with Crippen LogP contribution in [0.3, 0.4) is 0 Å². The minimum absolute atomic E-state index is 0.403. The van der Waals surface area contributed by atoms with Gasteiger partial charge in [-0.1, -0.05) is 0 Å². The number of carbonyl (C=O) groups is 1. The Kier molecular flexibility index (Phi) is 2.64. The minimum atomic E-state index is -0.493. The zero-order valence-electron chi connectivity index (χ0n) is 10.9. The van der Waals surface area contributed by atoms with E-state index in [0.717, 1.165) is 10.9 Å². The van der Waals surface area contributed by atoms with Crippen LogP contribution in [0.4, 0.5) is 5.69 Å². The molecular weight excluding hydrogens is 254 g/mol. The summed E-state index contributed by atoms with van der Waals surface area (Å²) >= 11 is 0. The van der Waals surface area contributed by atoms with Crippen LogP contribution in [0.1, 0.15) is 16.1 Å². The lowest BCUT2D eigenvalue weighted by Crippen LogP contribution is -2.13. The van der Waals surface area contributed by atoms with Crippen LogP contribution in [-0.2, 0) is 0 Å². The van der Waals surface area contributed by atoms with Crippen LogP contribution in [0.25, 0.3) is 16.7 Å². The molecule has 0 spiro atoms. The summed E-state index contributed by atoms with van der Waals surface area (Å²) in [6.07, 6.45) is 1.72. The number of primary amides is 1. The molecule has 3 rings (SSSR count). The SMILES string of the molecule is Cc1cc(C(N)=O)cc(-n2ncc3ccc(N)cc32)n1. The predicted octanol–water partition coefficient (Wildman–Crippen LogP) is 1.41. The molecule has 0 atom stereocenters. The molecular formula is C14H13N5O. The number of carbonyl (C=O) groups excluding carboxylic acids is 1. The maximum Gasteiger partial charge on any atom is 0.248 e. The van der Waals surface area contributed by atoms with Gasteiger partial charge in [0.1, 0.15) is 0 Å². The Bertz CT molecular complexity index is 822. The van der Waals surface area contributed by atoms with Crippen LogP contribution in [0.5, 0.6) is 0 Å². The second-order valence-corrected chi connectivity index (χ2v) is 4.59. The summed E-state index contributed by atoms with van der Waals surface area (Å²) in [6.45, 7) is 1.80. The predicted molar refractivity (Wildman–Crippen MR) is 76.5 cm³/mol. The normalized spacial score (nSPS) is 10.8. The van der Waals surface area contributed by atoms with Crippen molar-refractivity contribution in [2.75, 3.05) is 5.73 Å². The lowest BCUT2D eigenvalue weighted by Gasteiger charge is -2.06. The van der Waals surface area contributed by atoms with Crippen LogP contribution in [0.15, 0.2) is 36.5 Å². The van der Waals surface area contributed by atoms with E-state index >= 15 is 0 Å². The Morgan fingerprint density at radius 3 is 2.80 bits per heavy atom. The number of aryl methyl sites for hydroxylation is 1. The molecule has 1 aromatic carbocycles. The number of hydrogen-bond donors (Lipinski definition) is 2. The fourth-order valence-electron chi connectivity index (χ4n) is 2.12. The molecule has 0 aliphatic heterocycles. The van der Waals surface area contributed by atoms with E-state index in [1.807, 2.05) is 18.2 Å². The standard InChI is InChI=1S/C14H13N5O/c1-8-4-10(14(16)20)5-13(18-8)19-12-6-11(15)3-2-9(12)7-17-19/h2-7H,15H2,1H3,(H2,16,20). The second kappa shape index (κ2) is 4.34. The van der Waals surface area contributed by atoms with E-state index in [2.05, 4.69) is 10.1 Å². The highest BCUT2D eigenvalue weighted by Gasteiger charge is 2.10. The van der Waals surface area contributed by atoms with Gasteiger partial charge in [0.05, 0.1) is 11.7 Å². The van der Waals surface area contributed by atoms with Crippen molar-refractivity contribution in [2.45, 2.75) is 6.92 Å². The molecule has 0 aliphatic rings. The van der Waals surface area contributed by atoms with Gasteiger partial charge in [0.2, 0.25) is 5.91 Å². The molecule has 0 radical (unpaired) electrons. The Morgan fingerprint density at radius 1 is 1.25 bits per heavy atom. The van der Waals surface area contributed by atoms with E-state index in [4.69, 9.17) is 11.5 Å². The van der Waals surface area contributed by atoms with E-state index in [-0.39, 0.29) is 0 Å². The summed E-state index contributed by atoms with van der Waals surface area (Å²) in [4.78, 5) is 15.7. The van der Waals surface area contributed by atoms with Crippen LogP contribution in [0, 0.1) is 6.92 Å². The number of nitrogens with zero attached hydrogens (tertiary/aromatic N) is 3. The van der Waals surface area contributed by atoms with Crippen LogP contribution < -0.4 is 11.5 Å². The van der Waals surface area contributed by atoms with Crippen LogP contribution >= 0.6 is 0 Å². The Hall–Kier alpha value is -2.89. The fraction of sp³-hybridized carbons (Fsp3) is 0.0714. The molecule has 100 valence electrons. The first kappa shape index (κ1) is 12.2. The van der Waals surface area contributed by atoms with E-state index in [9.17, 15) is 4.79 Å². The number of hydrogen-bond acceptors (Lipinski definition) is 4. The largest absolute Gasteiger partial charge is 0.399 e. The van der Waals surface area contributed by atoms with Crippen molar-refractivity contribution in [1.29, 1.82) is 0 Å². The summed E-state index contributed by atoms with van der Waals surface area (Å²) in [5.41, 5.74) is 13.7. The number of aromatic nitrogens is 3.